The van der Waals surface area contributed by atoms with Crippen LogP contribution in [-0.2, 0) is 16.1 Å². The molecule has 108 valence electrons. The first-order chi connectivity index (χ1) is 8.45. The summed E-state index contributed by atoms with van der Waals surface area (Å²) in [5.74, 6) is 0.163. The number of methoxy groups -OCH3 is 1. The van der Waals surface area contributed by atoms with E-state index in [4.69, 9.17) is 10.5 Å². The highest BCUT2D eigenvalue weighted by Gasteiger charge is 2.47. The lowest BCUT2D eigenvalue weighted by atomic mass is 9.81. The van der Waals surface area contributed by atoms with Gasteiger partial charge in [-0.15, -0.1) is 23.7 Å². The Morgan fingerprint density at radius 3 is 2.95 bits per heavy atom. The monoisotopic (exact) mass is 305 g/mol. The van der Waals surface area contributed by atoms with E-state index >= 15 is 0 Å². The zero-order valence-corrected chi connectivity index (χ0v) is 13.0. The Morgan fingerprint density at radius 2 is 2.42 bits per heavy atom. The molecule has 0 saturated carbocycles. The molecule has 1 aliphatic rings. The Morgan fingerprint density at radius 1 is 1.74 bits per heavy atom. The van der Waals surface area contributed by atoms with Crippen molar-refractivity contribution in [2.75, 3.05) is 25.9 Å². The van der Waals surface area contributed by atoms with Crippen molar-refractivity contribution >= 4 is 34.8 Å². The predicted molar refractivity (Wildman–Crippen MR) is 78.3 cm³/mol. The van der Waals surface area contributed by atoms with Gasteiger partial charge in [-0.1, -0.05) is 6.92 Å². The van der Waals surface area contributed by atoms with E-state index in [-0.39, 0.29) is 24.3 Å². The van der Waals surface area contributed by atoms with Gasteiger partial charge in [0.15, 0.2) is 5.13 Å². The van der Waals surface area contributed by atoms with Crippen LogP contribution in [-0.4, -0.2) is 36.1 Å². The lowest BCUT2D eigenvalue weighted by molar-refractivity contribution is -0.152. The van der Waals surface area contributed by atoms with Crippen LogP contribution in [0.1, 0.15) is 18.7 Å². The fourth-order valence-electron chi connectivity index (χ4n) is 2.51. The second kappa shape index (κ2) is 6.07. The van der Waals surface area contributed by atoms with E-state index in [1.54, 1.807) is 6.20 Å². The van der Waals surface area contributed by atoms with Gasteiger partial charge in [-0.3, -0.25) is 9.69 Å². The third-order valence-electron chi connectivity index (χ3n) is 3.77. The van der Waals surface area contributed by atoms with Crippen LogP contribution in [0.3, 0.4) is 0 Å². The van der Waals surface area contributed by atoms with Crippen molar-refractivity contribution < 1.29 is 9.53 Å². The van der Waals surface area contributed by atoms with Gasteiger partial charge in [0.2, 0.25) is 0 Å². The van der Waals surface area contributed by atoms with Gasteiger partial charge < -0.3 is 10.5 Å². The molecule has 19 heavy (non-hydrogen) atoms. The Kier molecular flexibility index (Phi) is 5.18. The number of aromatic nitrogens is 1. The fourth-order valence-corrected chi connectivity index (χ4v) is 3.24. The lowest BCUT2D eigenvalue weighted by Crippen LogP contribution is -2.36. The van der Waals surface area contributed by atoms with Gasteiger partial charge >= 0.3 is 5.97 Å². The molecule has 0 unspecified atom stereocenters. The number of nitrogen functional groups attached to an aromatic ring is 1. The molecule has 0 bridgehead atoms. The first-order valence-corrected chi connectivity index (χ1v) is 6.78. The molecular formula is C12H20ClN3O2S. The first-order valence-electron chi connectivity index (χ1n) is 5.96. The van der Waals surface area contributed by atoms with Crippen LogP contribution >= 0.6 is 23.7 Å². The molecule has 1 aliphatic heterocycles. The lowest BCUT2D eigenvalue weighted by Gasteiger charge is -2.24. The van der Waals surface area contributed by atoms with Gasteiger partial charge in [-0.05, 0) is 12.8 Å². The number of hydrogen-bond acceptors (Lipinski definition) is 6. The summed E-state index contributed by atoms with van der Waals surface area (Å²) in [7, 11) is 1.45. The number of carbonyl (C=O) groups is 1. The molecule has 2 N–H and O–H groups in total. The van der Waals surface area contributed by atoms with E-state index in [0.29, 0.717) is 5.13 Å². The zero-order chi connectivity index (χ0) is 13.3. The zero-order valence-electron chi connectivity index (χ0n) is 11.4. The minimum Gasteiger partial charge on any atom is -0.469 e. The molecule has 0 radical (unpaired) electrons. The Hall–Kier alpha value is -0.850. The van der Waals surface area contributed by atoms with Crippen LogP contribution in [0.15, 0.2) is 6.20 Å². The highest BCUT2D eigenvalue weighted by molar-refractivity contribution is 7.15. The van der Waals surface area contributed by atoms with Gasteiger partial charge in [-0.25, -0.2) is 4.98 Å². The standard InChI is InChI=1S/C12H19N3O2S.ClH/c1-8-5-15(6-9-4-14-11(13)18-9)7-12(8,2)10(16)17-3;/h4,8H,5-7H2,1-3H3,(H2,13,14);1H/t8-,12-;/m1./s1. The number of carbonyl (C=O) groups excluding carboxylic acids is 1. The number of likely N-dealkylation sites (tertiary alicyclic amines) is 1. The number of anilines is 1. The van der Waals surface area contributed by atoms with Crippen molar-refractivity contribution in [3.63, 3.8) is 0 Å². The molecule has 1 aromatic heterocycles. The molecule has 1 fully saturated rings. The quantitative estimate of drug-likeness (QED) is 0.862. The van der Waals surface area contributed by atoms with Gasteiger partial charge in [-0.2, -0.15) is 0 Å². The Bertz CT molecular complexity index is 454. The maximum atomic E-state index is 11.9. The number of ether oxygens (including phenoxy) is 1. The van der Waals surface area contributed by atoms with E-state index in [0.717, 1.165) is 24.5 Å². The highest BCUT2D eigenvalue weighted by Crippen LogP contribution is 2.37. The van der Waals surface area contributed by atoms with Crippen LogP contribution in [0.25, 0.3) is 0 Å². The van der Waals surface area contributed by atoms with E-state index in [9.17, 15) is 4.79 Å². The maximum Gasteiger partial charge on any atom is 0.313 e. The number of halogens is 1. The number of thiazole rings is 1. The van der Waals surface area contributed by atoms with Gasteiger partial charge in [0.25, 0.3) is 0 Å². The van der Waals surface area contributed by atoms with Crippen molar-refractivity contribution in [1.82, 2.24) is 9.88 Å². The molecule has 0 aromatic carbocycles. The summed E-state index contributed by atoms with van der Waals surface area (Å²) in [5, 5.41) is 0.591. The Balaban J connectivity index is 0.00000180. The van der Waals surface area contributed by atoms with Gasteiger partial charge in [0, 0.05) is 30.7 Å². The maximum absolute atomic E-state index is 11.9. The topological polar surface area (TPSA) is 68.5 Å². The summed E-state index contributed by atoms with van der Waals surface area (Å²) >= 11 is 1.50. The highest BCUT2D eigenvalue weighted by atomic mass is 35.5. The second-order valence-electron chi connectivity index (χ2n) is 5.14. The Labute approximate surface area is 123 Å². The average Bonchev–Trinajstić information content (AvgIpc) is 2.84. The predicted octanol–water partition coefficient (Wildman–Crippen LogP) is 1.78. The third-order valence-corrected chi connectivity index (χ3v) is 4.59. The molecule has 0 amide bonds. The number of esters is 1. The van der Waals surface area contributed by atoms with Crippen LogP contribution in [0, 0.1) is 11.3 Å². The first kappa shape index (κ1) is 16.2. The smallest absolute Gasteiger partial charge is 0.313 e. The molecule has 5 nitrogen and oxygen atoms in total. The van der Waals surface area contributed by atoms with Gasteiger partial charge in [0.05, 0.1) is 12.5 Å². The minimum atomic E-state index is -0.412. The van der Waals surface area contributed by atoms with Crippen LogP contribution in [0.5, 0.6) is 0 Å². The van der Waals surface area contributed by atoms with E-state index < -0.39 is 5.41 Å². The number of rotatable bonds is 3. The number of hydrogen-bond donors (Lipinski definition) is 1. The molecular weight excluding hydrogens is 286 g/mol. The van der Waals surface area contributed by atoms with E-state index in [1.807, 2.05) is 6.92 Å². The summed E-state index contributed by atoms with van der Waals surface area (Å²) in [5.41, 5.74) is 5.21. The number of nitrogens with zero attached hydrogens (tertiary/aromatic N) is 2. The molecule has 1 aromatic rings. The summed E-state index contributed by atoms with van der Waals surface area (Å²) in [6.45, 7) is 6.48. The molecule has 0 aliphatic carbocycles. The summed E-state index contributed by atoms with van der Waals surface area (Å²) in [6, 6.07) is 0. The molecule has 7 heteroatoms. The summed E-state index contributed by atoms with van der Waals surface area (Å²) in [6.07, 6.45) is 1.80. The SMILES string of the molecule is COC(=O)[C@]1(C)CN(Cc2cnc(N)s2)C[C@H]1C.Cl. The fraction of sp³-hybridized carbons (Fsp3) is 0.667. The van der Waals surface area contributed by atoms with Crippen molar-refractivity contribution in [1.29, 1.82) is 0 Å². The van der Waals surface area contributed by atoms with Crippen molar-refractivity contribution in [2.24, 2.45) is 11.3 Å². The van der Waals surface area contributed by atoms with Crippen LogP contribution in [0.2, 0.25) is 0 Å². The van der Waals surface area contributed by atoms with Crippen LogP contribution < -0.4 is 5.73 Å². The number of nitrogens with two attached hydrogens (primary N) is 1. The molecule has 1 saturated heterocycles. The van der Waals surface area contributed by atoms with E-state index in [2.05, 4.69) is 16.8 Å². The van der Waals surface area contributed by atoms with Crippen molar-refractivity contribution in [3.8, 4) is 0 Å². The van der Waals surface area contributed by atoms with Gasteiger partial charge in [0.1, 0.15) is 0 Å². The summed E-state index contributed by atoms with van der Waals surface area (Å²) in [4.78, 5) is 19.3. The molecule has 2 rings (SSSR count). The second-order valence-corrected chi connectivity index (χ2v) is 6.29. The van der Waals surface area contributed by atoms with E-state index in [1.165, 1.54) is 18.4 Å². The average molecular weight is 306 g/mol. The minimum absolute atomic E-state index is 0. The molecule has 2 heterocycles. The van der Waals surface area contributed by atoms with Crippen molar-refractivity contribution in [3.05, 3.63) is 11.1 Å². The van der Waals surface area contributed by atoms with Crippen molar-refractivity contribution in [2.45, 2.75) is 20.4 Å². The normalized spacial score (nSPS) is 27.0. The largest absolute Gasteiger partial charge is 0.469 e. The molecule has 0 spiro atoms. The summed E-state index contributed by atoms with van der Waals surface area (Å²) < 4.78 is 4.91. The molecule has 2 atom stereocenters. The van der Waals surface area contributed by atoms with Crippen LogP contribution in [0.4, 0.5) is 5.13 Å². The third kappa shape index (κ3) is 3.19.